The third-order valence-corrected chi connectivity index (χ3v) is 3.72. The van der Waals surface area contributed by atoms with Crippen LogP contribution in [0, 0.1) is 17.2 Å². The zero-order valence-corrected chi connectivity index (χ0v) is 11.8. The van der Waals surface area contributed by atoms with Gasteiger partial charge in [-0.25, -0.2) is 0 Å². The average Bonchev–Trinajstić information content (AvgIpc) is 2.50. The molecule has 0 bridgehead atoms. The van der Waals surface area contributed by atoms with Gasteiger partial charge in [-0.05, 0) is 24.6 Å². The van der Waals surface area contributed by atoms with E-state index in [-0.39, 0.29) is 0 Å². The minimum atomic E-state index is 0.339. The Morgan fingerprint density at radius 3 is 2.95 bits per heavy atom. The van der Waals surface area contributed by atoms with Crippen molar-refractivity contribution in [2.75, 3.05) is 26.7 Å². The molecule has 2 heterocycles. The van der Waals surface area contributed by atoms with Crippen molar-refractivity contribution < 1.29 is 0 Å². The van der Waals surface area contributed by atoms with Crippen molar-refractivity contribution in [3.05, 3.63) is 30.1 Å². The second-order valence-electron chi connectivity index (χ2n) is 5.62. The summed E-state index contributed by atoms with van der Waals surface area (Å²) in [5.41, 5.74) is 1.25. The van der Waals surface area contributed by atoms with Gasteiger partial charge in [-0.15, -0.1) is 0 Å². The molecule has 1 aromatic heterocycles. The minimum absolute atomic E-state index is 0.339. The first kappa shape index (κ1) is 14.0. The standard InChI is InChI=1S/C15H22N4/c1-13-9-18(2)15(5-6-16)12-19(10-13)11-14-4-3-7-17-8-14/h3-4,7-8,13,15H,5,9-12H2,1-2H3. The summed E-state index contributed by atoms with van der Waals surface area (Å²) >= 11 is 0. The van der Waals surface area contributed by atoms with Gasteiger partial charge in [0.25, 0.3) is 0 Å². The molecule has 0 N–H and O–H groups in total. The molecule has 4 heteroatoms. The van der Waals surface area contributed by atoms with Crippen LogP contribution < -0.4 is 0 Å². The fourth-order valence-corrected chi connectivity index (χ4v) is 2.86. The highest BCUT2D eigenvalue weighted by atomic mass is 15.2. The smallest absolute Gasteiger partial charge is 0.0638 e. The van der Waals surface area contributed by atoms with Crippen LogP contribution in [-0.2, 0) is 6.54 Å². The van der Waals surface area contributed by atoms with Gasteiger partial charge in [0.05, 0.1) is 12.5 Å². The maximum atomic E-state index is 8.96. The highest BCUT2D eigenvalue weighted by molar-refractivity contribution is 5.08. The van der Waals surface area contributed by atoms with E-state index < -0.39 is 0 Å². The maximum absolute atomic E-state index is 8.96. The number of aromatic nitrogens is 1. The van der Waals surface area contributed by atoms with Crippen LogP contribution in [0.15, 0.2) is 24.5 Å². The summed E-state index contributed by atoms with van der Waals surface area (Å²) in [4.78, 5) is 8.96. The lowest BCUT2D eigenvalue weighted by atomic mass is 10.1. The fourth-order valence-electron chi connectivity index (χ4n) is 2.86. The molecule has 2 unspecified atom stereocenters. The van der Waals surface area contributed by atoms with Gasteiger partial charge >= 0.3 is 0 Å². The van der Waals surface area contributed by atoms with E-state index in [2.05, 4.69) is 40.9 Å². The van der Waals surface area contributed by atoms with Gasteiger partial charge in [0, 0.05) is 44.6 Å². The zero-order valence-electron chi connectivity index (χ0n) is 11.8. The summed E-state index contributed by atoms with van der Waals surface area (Å²) in [6.07, 6.45) is 4.34. The molecule has 102 valence electrons. The molecule has 1 aliphatic heterocycles. The van der Waals surface area contributed by atoms with Crippen LogP contribution in [-0.4, -0.2) is 47.5 Å². The molecule has 1 saturated heterocycles. The first-order chi connectivity index (χ1) is 9.19. The first-order valence-corrected chi connectivity index (χ1v) is 6.87. The van der Waals surface area contributed by atoms with Crippen molar-refractivity contribution in [1.82, 2.24) is 14.8 Å². The lowest BCUT2D eigenvalue weighted by Gasteiger charge is -2.27. The highest BCUT2D eigenvalue weighted by Crippen LogP contribution is 2.16. The van der Waals surface area contributed by atoms with E-state index in [1.54, 1.807) is 6.20 Å². The normalized spacial score (nSPS) is 25.7. The molecule has 1 aromatic rings. The largest absolute Gasteiger partial charge is 0.301 e. The lowest BCUT2D eigenvalue weighted by Crippen LogP contribution is -2.38. The minimum Gasteiger partial charge on any atom is -0.301 e. The topological polar surface area (TPSA) is 43.2 Å². The molecule has 19 heavy (non-hydrogen) atoms. The molecule has 2 rings (SSSR count). The Kier molecular flexibility index (Phi) is 4.89. The Labute approximate surface area is 115 Å². The molecule has 4 nitrogen and oxygen atoms in total. The summed E-state index contributed by atoms with van der Waals surface area (Å²) in [5, 5.41) is 8.96. The maximum Gasteiger partial charge on any atom is 0.0638 e. The van der Waals surface area contributed by atoms with E-state index in [0.717, 1.165) is 26.2 Å². The third-order valence-electron chi connectivity index (χ3n) is 3.72. The van der Waals surface area contributed by atoms with Crippen LogP contribution >= 0.6 is 0 Å². The van der Waals surface area contributed by atoms with Crippen LogP contribution in [0.2, 0.25) is 0 Å². The summed E-state index contributed by atoms with van der Waals surface area (Å²) in [5.74, 6) is 0.630. The molecule has 0 saturated carbocycles. The lowest BCUT2D eigenvalue weighted by molar-refractivity contribution is 0.205. The van der Waals surface area contributed by atoms with Crippen LogP contribution in [0.5, 0.6) is 0 Å². The fraction of sp³-hybridized carbons (Fsp3) is 0.600. The number of nitrogens with zero attached hydrogens (tertiary/aromatic N) is 4. The van der Waals surface area contributed by atoms with E-state index in [0.29, 0.717) is 18.4 Å². The Bertz CT molecular complexity index is 426. The van der Waals surface area contributed by atoms with Gasteiger partial charge in [0.1, 0.15) is 0 Å². The molecule has 0 aliphatic carbocycles. The predicted molar refractivity (Wildman–Crippen MR) is 75.3 cm³/mol. The molecule has 0 amide bonds. The molecule has 2 atom stereocenters. The molecular weight excluding hydrogens is 236 g/mol. The average molecular weight is 258 g/mol. The predicted octanol–water partition coefficient (Wildman–Crippen LogP) is 1.75. The number of hydrogen-bond acceptors (Lipinski definition) is 4. The van der Waals surface area contributed by atoms with Gasteiger partial charge in [0.2, 0.25) is 0 Å². The molecule has 0 spiro atoms. The van der Waals surface area contributed by atoms with Crippen LogP contribution in [0.4, 0.5) is 0 Å². The van der Waals surface area contributed by atoms with Crippen molar-refractivity contribution in [1.29, 1.82) is 5.26 Å². The first-order valence-electron chi connectivity index (χ1n) is 6.87. The monoisotopic (exact) mass is 258 g/mol. The van der Waals surface area contributed by atoms with Crippen molar-refractivity contribution in [3.63, 3.8) is 0 Å². The highest BCUT2D eigenvalue weighted by Gasteiger charge is 2.25. The van der Waals surface area contributed by atoms with Gasteiger partial charge in [-0.1, -0.05) is 13.0 Å². The van der Waals surface area contributed by atoms with Gasteiger partial charge in [-0.2, -0.15) is 5.26 Å². The van der Waals surface area contributed by atoms with E-state index in [1.165, 1.54) is 5.56 Å². The van der Waals surface area contributed by atoms with Crippen molar-refractivity contribution in [3.8, 4) is 6.07 Å². The molecule has 1 aliphatic rings. The zero-order chi connectivity index (χ0) is 13.7. The summed E-state index contributed by atoms with van der Waals surface area (Å²) < 4.78 is 0. The van der Waals surface area contributed by atoms with Crippen molar-refractivity contribution in [2.24, 2.45) is 5.92 Å². The summed E-state index contributed by atoms with van der Waals surface area (Å²) in [6.45, 7) is 6.32. The molecular formula is C15H22N4. The Morgan fingerprint density at radius 1 is 1.42 bits per heavy atom. The second-order valence-corrected chi connectivity index (χ2v) is 5.62. The van der Waals surface area contributed by atoms with E-state index in [9.17, 15) is 0 Å². The van der Waals surface area contributed by atoms with Crippen LogP contribution in [0.25, 0.3) is 0 Å². The van der Waals surface area contributed by atoms with E-state index in [1.807, 2.05) is 12.3 Å². The van der Waals surface area contributed by atoms with E-state index >= 15 is 0 Å². The van der Waals surface area contributed by atoms with Crippen LogP contribution in [0.3, 0.4) is 0 Å². The number of rotatable bonds is 3. The Hall–Kier alpha value is -1.44. The number of hydrogen-bond donors (Lipinski definition) is 0. The van der Waals surface area contributed by atoms with Gasteiger partial charge < -0.3 is 4.90 Å². The van der Waals surface area contributed by atoms with E-state index in [4.69, 9.17) is 5.26 Å². The second kappa shape index (κ2) is 6.65. The van der Waals surface area contributed by atoms with Crippen molar-refractivity contribution in [2.45, 2.75) is 25.9 Å². The summed E-state index contributed by atoms with van der Waals surface area (Å²) in [7, 11) is 2.13. The molecule has 1 fully saturated rings. The third kappa shape index (κ3) is 4.02. The number of nitriles is 1. The summed E-state index contributed by atoms with van der Waals surface area (Å²) in [6, 6.07) is 6.75. The molecule has 0 radical (unpaired) electrons. The SMILES string of the molecule is CC1CN(Cc2cccnc2)CC(CC#N)N(C)C1. The number of pyridine rings is 1. The van der Waals surface area contributed by atoms with Crippen molar-refractivity contribution >= 4 is 0 Å². The van der Waals surface area contributed by atoms with Gasteiger partial charge in [0.15, 0.2) is 0 Å². The Balaban J connectivity index is 2.04. The Morgan fingerprint density at radius 2 is 2.26 bits per heavy atom. The number of likely N-dealkylation sites (N-methyl/N-ethyl adjacent to an activating group) is 1. The van der Waals surface area contributed by atoms with Gasteiger partial charge in [-0.3, -0.25) is 9.88 Å². The quantitative estimate of drug-likeness (QED) is 0.828. The molecule has 0 aromatic carbocycles. The van der Waals surface area contributed by atoms with Crippen LogP contribution in [0.1, 0.15) is 18.9 Å².